The number of aryl methyl sites for hydroxylation is 2. The van der Waals surface area contributed by atoms with Gasteiger partial charge < -0.3 is 15.8 Å². The minimum atomic E-state index is -0.189. The summed E-state index contributed by atoms with van der Waals surface area (Å²) in [6, 6.07) is 5.63. The van der Waals surface area contributed by atoms with Crippen LogP contribution in [0.1, 0.15) is 28.4 Å². The van der Waals surface area contributed by atoms with Crippen LogP contribution in [-0.2, 0) is 0 Å². The Morgan fingerprint density at radius 1 is 1.42 bits per heavy atom. The first-order valence-electron chi connectivity index (χ1n) is 6.17. The molecule has 0 aliphatic heterocycles. The lowest BCUT2D eigenvalue weighted by Gasteiger charge is -2.21. The van der Waals surface area contributed by atoms with Crippen LogP contribution in [0.3, 0.4) is 0 Å². The summed E-state index contributed by atoms with van der Waals surface area (Å²) in [6.45, 7) is 6.19. The summed E-state index contributed by atoms with van der Waals surface area (Å²) in [5, 5.41) is 11.6. The highest BCUT2D eigenvalue weighted by molar-refractivity contribution is 5.94. The van der Waals surface area contributed by atoms with Gasteiger partial charge in [0.1, 0.15) is 5.84 Å². The van der Waals surface area contributed by atoms with Crippen LogP contribution in [0.15, 0.2) is 23.4 Å². The molecule has 19 heavy (non-hydrogen) atoms. The van der Waals surface area contributed by atoms with E-state index in [1.807, 2.05) is 32.0 Å². The SMILES string of the molecule is Cc1ccc(C(=O)N(C)CC(C)C(N)=NO)cc1C. The third kappa shape index (κ3) is 3.71. The Bertz CT molecular complexity index is 497. The molecule has 0 aliphatic carbocycles. The number of nitrogens with zero attached hydrogens (tertiary/aromatic N) is 2. The zero-order valence-corrected chi connectivity index (χ0v) is 11.8. The highest BCUT2D eigenvalue weighted by Gasteiger charge is 2.17. The van der Waals surface area contributed by atoms with Crippen LogP contribution in [0.25, 0.3) is 0 Å². The van der Waals surface area contributed by atoms with Gasteiger partial charge in [-0.25, -0.2) is 0 Å². The normalized spacial score (nSPS) is 13.2. The van der Waals surface area contributed by atoms with Crippen LogP contribution in [0.5, 0.6) is 0 Å². The second kappa shape index (κ2) is 6.22. The number of carbonyl (C=O) groups excluding carboxylic acids is 1. The number of amides is 1. The van der Waals surface area contributed by atoms with Gasteiger partial charge in [0, 0.05) is 25.1 Å². The first kappa shape index (κ1) is 15.0. The van der Waals surface area contributed by atoms with Crippen molar-refractivity contribution in [3.05, 3.63) is 34.9 Å². The van der Waals surface area contributed by atoms with Crippen LogP contribution in [0.4, 0.5) is 0 Å². The Hall–Kier alpha value is -2.04. The van der Waals surface area contributed by atoms with Gasteiger partial charge in [-0.2, -0.15) is 0 Å². The highest BCUT2D eigenvalue weighted by Crippen LogP contribution is 2.12. The van der Waals surface area contributed by atoms with Crippen molar-refractivity contribution >= 4 is 11.7 Å². The lowest BCUT2D eigenvalue weighted by Crippen LogP contribution is -2.36. The zero-order valence-electron chi connectivity index (χ0n) is 11.8. The molecule has 0 aliphatic rings. The number of hydrogen-bond acceptors (Lipinski definition) is 3. The highest BCUT2D eigenvalue weighted by atomic mass is 16.4. The quantitative estimate of drug-likeness (QED) is 0.376. The molecule has 1 atom stereocenters. The summed E-state index contributed by atoms with van der Waals surface area (Å²) in [7, 11) is 1.71. The third-order valence-electron chi connectivity index (χ3n) is 3.27. The van der Waals surface area contributed by atoms with Gasteiger partial charge in [-0.3, -0.25) is 4.79 Å². The minimum absolute atomic E-state index is 0.0688. The Morgan fingerprint density at radius 2 is 2.05 bits per heavy atom. The molecule has 5 heteroatoms. The van der Waals surface area contributed by atoms with E-state index in [0.29, 0.717) is 12.1 Å². The summed E-state index contributed by atoms with van der Waals surface area (Å²) in [5.74, 6) is -0.133. The van der Waals surface area contributed by atoms with Crippen LogP contribution in [0.2, 0.25) is 0 Å². The first-order valence-corrected chi connectivity index (χ1v) is 6.17. The van der Waals surface area contributed by atoms with Crippen LogP contribution in [-0.4, -0.2) is 35.4 Å². The number of rotatable bonds is 4. The molecule has 0 saturated heterocycles. The molecule has 1 rings (SSSR count). The maximum absolute atomic E-state index is 12.2. The fourth-order valence-corrected chi connectivity index (χ4v) is 1.78. The van der Waals surface area contributed by atoms with E-state index in [1.54, 1.807) is 18.9 Å². The second-order valence-corrected chi connectivity index (χ2v) is 4.91. The zero-order chi connectivity index (χ0) is 14.6. The molecule has 1 amide bonds. The fourth-order valence-electron chi connectivity index (χ4n) is 1.78. The summed E-state index contributed by atoms with van der Waals surface area (Å²) in [5.41, 5.74) is 8.40. The maximum atomic E-state index is 12.2. The van der Waals surface area contributed by atoms with Crippen LogP contribution >= 0.6 is 0 Å². The Labute approximate surface area is 113 Å². The second-order valence-electron chi connectivity index (χ2n) is 4.91. The van der Waals surface area contributed by atoms with Crippen molar-refractivity contribution in [1.82, 2.24) is 4.90 Å². The lowest BCUT2D eigenvalue weighted by molar-refractivity contribution is 0.0786. The first-order chi connectivity index (χ1) is 8.86. The molecule has 5 nitrogen and oxygen atoms in total. The monoisotopic (exact) mass is 263 g/mol. The van der Waals surface area contributed by atoms with Crippen molar-refractivity contribution in [3.8, 4) is 0 Å². The van der Waals surface area contributed by atoms with Crippen molar-refractivity contribution in [1.29, 1.82) is 0 Å². The molecule has 0 bridgehead atoms. The topological polar surface area (TPSA) is 78.9 Å². The largest absolute Gasteiger partial charge is 0.409 e. The number of nitrogens with two attached hydrogens (primary N) is 1. The predicted octanol–water partition coefficient (Wildman–Crippen LogP) is 1.76. The van der Waals surface area contributed by atoms with Gasteiger partial charge in [-0.15, -0.1) is 0 Å². The summed E-state index contributed by atoms with van der Waals surface area (Å²) in [6.07, 6.45) is 0. The molecule has 104 valence electrons. The molecule has 1 aromatic carbocycles. The van der Waals surface area contributed by atoms with Gasteiger partial charge in [-0.05, 0) is 37.1 Å². The molecule has 0 heterocycles. The average molecular weight is 263 g/mol. The van der Waals surface area contributed by atoms with E-state index in [1.165, 1.54) is 0 Å². The summed E-state index contributed by atoms with van der Waals surface area (Å²) < 4.78 is 0. The number of oxime groups is 1. The summed E-state index contributed by atoms with van der Waals surface area (Å²) in [4.78, 5) is 13.8. The molecule has 0 spiro atoms. The van der Waals surface area contributed by atoms with Crippen molar-refractivity contribution in [2.24, 2.45) is 16.8 Å². The maximum Gasteiger partial charge on any atom is 0.253 e. The lowest BCUT2D eigenvalue weighted by atomic mass is 10.0. The van der Waals surface area contributed by atoms with E-state index in [-0.39, 0.29) is 17.7 Å². The van der Waals surface area contributed by atoms with Gasteiger partial charge in [-0.1, -0.05) is 18.1 Å². The van der Waals surface area contributed by atoms with Gasteiger partial charge >= 0.3 is 0 Å². The van der Waals surface area contributed by atoms with Crippen molar-refractivity contribution in [3.63, 3.8) is 0 Å². The van der Waals surface area contributed by atoms with E-state index in [2.05, 4.69) is 5.16 Å². The number of hydrogen-bond donors (Lipinski definition) is 2. The van der Waals surface area contributed by atoms with E-state index < -0.39 is 0 Å². The van der Waals surface area contributed by atoms with Crippen molar-refractivity contribution in [2.45, 2.75) is 20.8 Å². The standard InChI is InChI=1S/C14H21N3O2/c1-9-5-6-12(7-10(9)2)14(18)17(4)8-11(3)13(15)16-19/h5-7,11,19H,8H2,1-4H3,(H2,15,16). The number of amidine groups is 1. The smallest absolute Gasteiger partial charge is 0.253 e. The van der Waals surface area contributed by atoms with Crippen molar-refractivity contribution < 1.29 is 10.0 Å². The molecule has 0 radical (unpaired) electrons. The summed E-state index contributed by atoms with van der Waals surface area (Å²) >= 11 is 0. The van der Waals surface area contributed by atoms with Gasteiger partial charge in [0.2, 0.25) is 0 Å². The van der Waals surface area contributed by atoms with Crippen molar-refractivity contribution in [2.75, 3.05) is 13.6 Å². The van der Waals surface area contributed by atoms with Gasteiger partial charge in [0.25, 0.3) is 5.91 Å². The van der Waals surface area contributed by atoms with Crippen LogP contribution in [0, 0.1) is 19.8 Å². The van der Waals surface area contributed by atoms with E-state index in [9.17, 15) is 4.79 Å². The molecular formula is C14H21N3O2. The van der Waals surface area contributed by atoms with Crippen LogP contribution < -0.4 is 5.73 Å². The van der Waals surface area contributed by atoms with Gasteiger partial charge in [0.15, 0.2) is 0 Å². The molecule has 0 aromatic heterocycles. The fraction of sp³-hybridized carbons (Fsp3) is 0.429. The Kier molecular flexibility index (Phi) is 4.92. The minimum Gasteiger partial charge on any atom is -0.409 e. The third-order valence-corrected chi connectivity index (χ3v) is 3.27. The Morgan fingerprint density at radius 3 is 2.58 bits per heavy atom. The molecular weight excluding hydrogens is 242 g/mol. The Balaban J connectivity index is 2.79. The van der Waals surface area contributed by atoms with E-state index in [4.69, 9.17) is 10.9 Å². The average Bonchev–Trinajstić information content (AvgIpc) is 2.39. The molecule has 1 unspecified atom stereocenters. The molecule has 1 aromatic rings. The van der Waals surface area contributed by atoms with Gasteiger partial charge in [0.05, 0.1) is 0 Å². The van der Waals surface area contributed by atoms with E-state index in [0.717, 1.165) is 11.1 Å². The predicted molar refractivity (Wildman–Crippen MR) is 75.4 cm³/mol. The molecule has 3 N–H and O–H groups in total. The number of benzene rings is 1. The molecule has 0 fully saturated rings. The molecule has 0 saturated carbocycles. The van der Waals surface area contributed by atoms with E-state index >= 15 is 0 Å². The number of carbonyl (C=O) groups is 1.